The molecule has 0 bridgehead atoms. The molecule has 0 aliphatic carbocycles. The van der Waals surface area contributed by atoms with Crippen molar-refractivity contribution in [1.29, 1.82) is 0 Å². The molecule has 1 heterocycles. The molecule has 2 rings (SSSR count). The van der Waals surface area contributed by atoms with Gasteiger partial charge in [-0.15, -0.1) is 0 Å². The molecule has 2 atom stereocenters. The molecule has 0 spiro atoms. The van der Waals surface area contributed by atoms with Gasteiger partial charge in [0.15, 0.2) is 6.29 Å². The van der Waals surface area contributed by atoms with Gasteiger partial charge in [0.05, 0.1) is 18.3 Å². The molecule has 120 valence electrons. The Labute approximate surface area is 130 Å². The summed E-state index contributed by atoms with van der Waals surface area (Å²) in [5.41, 5.74) is 0.457. The van der Waals surface area contributed by atoms with Crippen LogP contribution in [-0.4, -0.2) is 30.1 Å². The number of hydrogen-bond donors (Lipinski definition) is 0. The Balaban J connectivity index is 2.32. The molecule has 1 saturated heterocycles. The molecule has 0 saturated carbocycles. The molecule has 0 amide bonds. The van der Waals surface area contributed by atoms with Crippen molar-refractivity contribution in [1.82, 2.24) is 0 Å². The minimum atomic E-state index is -0.863. The molecule has 1 aromatic carbocycles. The summed E-state index contributed by atoms with van der Waals surface area (Å²) in [4.78, 5) is 24.0. The topological polar surface area (TPSA) is 61.8 Å². The number of Topliss-reactive ketones (excluding diaryl/α,β-unsaturated/α-hetero) is 1. The minimum Gasteiger partial charge on any atom is -0.460 e. The Bertz CT molecular complexity index is 564. The molecule has 1 aliphatic heterocycles. The molecule has 22 heavy (non-hydrogen) atoms. The van der Waals surface area contributed by atoms with Crippen molar-refractivity contribution < 1.29 is 23.8 Å². The van der Waals surface area contributed by atoms with Crippen LogP contribution in [0.25, 0.3) is 0 Å². The Kier molecular flexibility index (Phi) is 4.98. The third-order valence-corrected chi connectivity index (χ3v) is 3.48. The monoisotopic (exact) mass is 306 g/mol. The van der Waals surface area contributed by atoms with Crippen LogP contribution in [0.1, 0.15) is 56.3 Å². The first-order chi connectivity index (χ1) is 10.3. The quantitative estimate of drug-likeness (QED) is 0.486. The van der Waals surface area contributed by atoms with Crippen molar-refractivity contribution in [3.8, 4) is 0 Å². The molecular formula is C17H22O5. The summed E-state index contributed by atoms with van der Waals surface area (Å²) < 4.78 is 16.5. The maximum Gasteiger partial charge on any atom is 0.379 e. The van der Waals surface area contributed by atoms with Gasteiger partial charge < -0.3 is 14.2 Å². The van der Waals surface area contributed by atoms with Gasteiger partial charge in [-0.2, -0.15) is 0 Å². The SMILES string of the molecule is CCOC(=O)C(=O)c1ccccc1C1OC(C)CC(C)(C)O1. The first kappa shape index (κ1) is 16.6. The zero-order valence-electron chi connectivity index (χ0n) is 13.4. The predicted molar refractivity (Wildman–Crippen MR) is 80.5 cm³/mol. The smallest absolute Gasteiger partial charge is 0.379 e. The van der Waals surface area contributed by atoms with Crippen LogP contribution in [0.2, 0.25) is 0 Å². The Morgan fingerprint density at radius 1 is 1.32 bits per heavy atom. The number of esters is 1. The minimum absolute atomic E-state index is 0.000462. The van der Waals surface area contributed by atoms with Gasteiger partial charge in [0, 0.05) is 17.5 Å². The fraction of sp³-hybridized carbons (Fsp3) is 0.529. The molecule has 0 aromatic heterocycles. The van der Waals surface area contributed by atoms with Gasteiger partial charge >= 0.3 is 5.97 Å². The average molecular weight is 306 g/mol. The molecule has 1 aliphatic rings. The molecule has 0 radical (unpaired) electrons. The predicted octanol–water partition coefficient (Wildman–Crippen LogP) is 3.04. The maximum atomic E-state index is 12.3. The standard InChI is InChI=1S/C17H22O5/c1-5-20-15(19)14(18)12-8-6-7-9-13(12)16-21-11(2)10-17(3,4)22-16/h6-9,11,16H,5,10H2,1-4H3. The lowest BCUT2D eigenvalue weighted by molar-refractivity contribution is -0.273. The number of carbonyl (C=O) groups excluding carboxylic acids is 2. The first-order valence-electron chi connectivity index (χ1n) is 7.47. The number of ether oxygens (including phenoxy) is 3. The lowest BCUT2D eigenvalue weighted by Gasteiger charge is -2.40. The summed E-state index contributed by atoms with van der Waals surface area (Å²) >= 11 is 0. The molecule has 1 aromatic rings. The van der Waals surface area contributed by atoms with Crippen molar-refractivity contribution in [2.24, 2.45) is 0 Å². The van der Waals surface area contributed by atoms with E-state index in [1.807, 2.05) is 20.8 Å². The summed E-state index contributed by atoms with van der Waals surface area (Å²) in [6, 6.07) is 6.82. The third kappa shape index (κ3) is 3.72. The summed E-state index contributed by atoms with van der Waals surface area (Å²) in [6.07, 6.45) is 0.0881. The molecule has 2 unspecified atom stereocenters. The zero-order valence-corrected chi connectivity index (χ0v) is 13.4. The van der Waals surface area contributed by atoms with Gasteiger partial charge in [-0.1, -0.05) is 24.3 Å². The van der Waals surface area contributed by atoms with Crippen molar-refractivity contribution in [2.75, 3.05) is 6.61 Å². The van der Waals surface area contributed by atoms with Crippen LogP contribution in [0.4, 0.5) is 0 Å². The van der Waals surface area contributed by atoms with Crippen LogP contribution in [0.15, 0.2) is 24.3 Å². The molecule has 5 heteroatoms. The van der Waals surface area contributed by atoms with Crippen molar-refractivity contribution in [3.63, 3.8) is 0 Å². The van der Waals surface area contributed by atoms with Crippen molar-refractivity contribution in [3.05, 3.63) is 35.4 Å². The number of rotatable bonds is 4. The van der Waals surface area contributed by atoms with Crippen molar-refractivity contribution in [2.45, 2.75) is 52.1 Å². The van der Waals surface area contributed by atoms with E-state index in [0.29, 0.717) is 5.56 Å². The van der Waals surface area contributed by atoms with E-state index >= 15 is 0 Å². The number of ketones is 1. The maximum absolute atomic E-state index is 12.3. The van der Waals surface area contributed by atoms with E-state index in [1.165, 1.54) is 0 Å². The van der Waals surface area contributed by atoms with E-state index in [2.05, 4.69) is 0 Å². The second-order valence-electron chi connectivity index (χ2n) is 6.00. The fourth-order valence-corrected chi connectivity index (χ4v) is 2.67. The highest BCUT2D eigenvalue weighted by molar-refractivity contribution is 6.41. The highest BCUT2D eigenvalue weighted by Gasteiger charge is 2.36. The van der Waals surface area contributed by atoms with Crippen LogP contribution in [-0.2, 0) is 19.0 Å². The first-order valence-corrected chi connectivity index (χ1v) is 7.47. The average Bonchev–Trinajstić information content (AvgIpc) is 2.44. The van der Waals surface area contributed by atoms with E-state index in [0.717, 1.165) is 6.42 Å². The van der Waals surface area contributed by atoms with Gasteiger partial charge in [0.25, 0.3) is 5.78 Å². The van der Waals surface area contributed by atoms with Gasteiger partial charge in [0.2, 0.25) is 0 Å². The Hall–Kier alpha value is -1.72. The van der Waals surface area contributed by atoms with E-state index in [4.69, 9.17) is 14.2 Å². The molecule has 1 fully saturated rings. The second-order valence-corrected chi connectivity index (χ2v) is 6.00. The van der Waals surface area contributed by atoms with Crippen LogP contribution in [0.5, 0.6) is 0 Å². The highest BCUT2D eigenvalue weighted by atomic mass is 16.7. The normalized spacial score (nSPS) is 23.8. The Morgan fingerprint density at radius 2 is 2.00 bits per heavy atom. The van der Waals surface area contributed by atoms with E-state index in [1.54, 1.807) is 31.2 Å². The number of carbonyl (C=O) groups is 2. The van der Waals surface area contributed by atoms with Crippen LogP contribution in [0, 0.1) is 0 Å². The van der Waals surface area contributed by atoms with Gasteiger partial charge in [-0.3, -0.25) is 4.79 Å². The summed E-state index contributed by atoms with van der Waals surface area (Å²) in [5, 5.41) is 0. The molecular weight excluding hydrogens is 284 g/mol. The van der Waals surface area contributed by atoms with E-state index in [9.17, 15) is 9.59 Å². The van der Waals surface area contributed by atoms with Gasteiger partial charge in [-0.05, 0) is 27.7 Å². The molecule has 5 nitrogen and oxygen atoms in total. The third-order valence-electron chi connectivity index (χ3n) is 3.48. The lowest BCUT2D eigenvalue weighted by Crippen LogP contribution is -2.39. The fourth-order valence-electron chi connectivity index (χ4n) is 2.67. The Morgan fingerprint density at radius 3 is 2.64 bits per heavy atom. The lowest BCUT2D eigenvalue weighted by atomic mass is 9.97. The zero-order chi connectivity index (χ0) is 16.3. The number of hydrogen-bond acceptors (Lipinski definition) is 5. The highest BCUT2D eigenvalue weighted by Crippen LogP contribution is 2.36. The number of benzene rings is 1. The van der Waals surface area contributed by atoms with Crippen LogP contribution >= 0.6 is 0 Å². The summed E-state index contributed by atoms with van der Waals surface area (Å²) in [5.74, 6) is -1.54. The van der Waals surface area contributed by atoms with Crippen LogP contribution in [0.3, 0.4) is 0 Å². The summed E-state index contributed by atoms with van der Waals surface area (Å²) in [7, 11) is 0. The summed E-state index contributed by atoms with van der Waals surface area (Å²) in [6.45, 7) is 7.75. The van der Waals surface area contributed by atoms with Crippen molar-refractivity contribution >= 4 is 11.8 Å². The van der Waals surface area contributed by atoms with Gasteiger partial charge in [-0.25, -0.2) is 4.79 Å². The second kappa shape index (κ2) is 6.58. The van der Waals surface area contributed by atoms with E-state index in [-0.39, 0.29) is 23.9 Å². The van der Waals surface area contributed by atoms with E-state index < -0.39 is 18.0 Å². The largest absolute Gasteiger partial charge is 0.460 e. The van der Waals surface area contributed by atoms with Gasteiger partial charge in [0.1, 0.15) is 0 Å². The molecule has 0 N–H and O–H groups in total. The van der Waals surface area contributed by atoms with Crippen LogP contribution < -0.4 is 0 Å².